The van der Waals surface area contributed by atoms with E-state index in [4.69, 9.17) is 14.6 Å². The van der Waals surface area contributed by atoms with Crippen molar-refractivity contribution in [3.05, 3.63) is 48.0 Å². The van der Waals surface area contributed by atoms with Crippen molar-refractivity contribution >= 4 is 21.6 Å². The van der Waals surface area contributed by atoms with Gasteiger partial charge in [-0.15, -0.1) is 0 Å². The van der Waals surface area contributed by atoms with Gasteiger partial charge in [0.25, 0.3) is 0 Å². The molecule has 1 aliphatic rings. The number of hydrogen-bond donors (Lipinski definition) is 2. The van der Waals surface area contributed by atoms with Crippen molar-refractivity contribution in [2.24, 2.45) is 5.14 Å². The van der Waals surface area contributed by atoms with E-state index < -0.39 is 16.1 Å². The van der Waals surface area contributed by atoms with E-state index in [9.17, 15) is 13.2 Å². The van der Waals surface area contributed by atoms with Crippen LogP contribution in [0.25, 0.3) is 0 Å². The van der Waals surface area contributed by atoms with Crippen molar-refractivity contribution in [3.8, 4) is 11.5 Å². The minimum Gasteiger partial charge on any atom is -0.486 e. The topological polar surface area (TPSA) is 111 Å². The summed E-state index contributed by atoms with van der Waals surface area (Å²) in [6, 6.07) is 11.0. The van der Waals surface area contributed by atoms with Crippen LogP contribution in [0.5, 0.6) is 11.5 Å². The highest BCUT2D eigenvalue weighted by molar-refractivity contribution is 7.89. The highest BCUT2D eigenvalue weighted by atomic mass is 32.2. The molecule has 0 radical (unpaired) electrons. The van der Waals surface area contributed by atoms with Gasteiger partial charge in [-0.1, -0.05) is 6.07 Å². The smallest absolute Gasteiger partial charge is 0.241 e. The van der Waals surface area contributed by atoms with Gasteiger partial charge >= 0.3 is 0 Å². The van der Waals surface area contributed by atoms with Gasteiger partial charge in [0.15, 0.2) is 11.5 Å². The summed E-state index contributed by atoms with van der Waals surface area (Å²) >= 11 is 0. The Morgan fingerprint density at radius 3 is 2.43 bits per heavy atom. The first-order valence-electron chi connectivity index (χ1n) is 8.76. The summed E-state index contributed by atoms with van der Waals surface area (Å²) in [7, 11) is -1.91. The van der Waals surface area contributed by atoms with Crippen molar-refractivity contribution in [1.82, 2.24) is 4.90 Å². The molecule has 28 heavy (non-hydrogen) atoms. The second-order valence-electron chi connectivity index (χ2n) is 6.63. The number of ether oxygens (including phenoxy) is 2. The Morgan fingerprint density at radius 1 is 1.14 bits per heavy atom. The molecule has 1 heterocycles. The number of benzene rings is 2. The lowest BCUT2D eigenvalue weighted by Gasteiger charge is -2.25. The number of primary sulfonamides is 1. The van der Waals surface area contributed by atoms with Crippen molar-refractivity contribution in [2.45, 2.75) is 24.4 Å². The number of carbonyl (C=O) groups excluding carboxylic acids is 1. The first-order chi connectivity index (χ1) is 13.2. The molecular weight excluding hydrogens is 382 g/mol. The van der Waals surface area contributed by atoms with E-state index in [1.165, 1.54) is 24.3 Å². The summed E-state index contributed by atoms with van der Waals surface area (Å²) in [4.78, 5) is 14.4. The predicted molar refractivity (Wildman–Crippen MR) is 105 cm³/mol. The van der Waals surface area contributed by atoms with Gasteiger partial charge in [-0.3, -0.25) is 9.69 Å². The largest absolute Gasteiger partial charge is 0.486 e. The zero-order valence-electron chi connectivity index (χ0n) is 15.7. The standard InChI is InChI=1S/C19H23N3O5S/c1-13(19(23)21-15-4-6-16(7-5-15)28(20,24)25)22(2)12-14-3-8-17-18(11-14)27-10-9-26-17/h3-8,11,13H,9-10,12H2,1-2H3,(H,21,23)(H2,20,24,25)/t13-/m1/s1. The maximum absolute atomic E-state index is 12.5. The molecular formula is C19H23N3O5S. The first kappa shape index (κ1) is 20.1. The molecule has 9 heteroatoms. The van der Waals surface area contributed by atoms with Crippen molar-refractivity contribution in [3.63, 3.8) is 0 Å². The number of rotatable bonds is 6. The van der Waals surface area contributed by atoms with Crippen LogP contribution in [0.2, 0.25) is 0 Å². The lowest BCUT2D eigenvalue weighted by molar-refractivity contribution is -0.120. The number of amides is 1. The second kappa shape index (κ2) is 8.17. The van der Waals surface area contributed by atoms with Crippen LogP contribution in [0.15, 0.2) is 47.4 Å². The number of hydrogen-bond acceptors (Lipinski definition) is 6. The van der Waals surface area contributed by atoms with E-state index in [-0.39, 0.29) is 10.8 Å². The number of fused-ring (bicyclic) bond motifs is 1. The third-order valence-electron chi connectivity index (χ3n) is 4.53. The normalized spacial score (nSPS) is 14.6. The van der Waals surface area contributed by atoms with Crippen LogP contribution in [0.4, 0.5) is 5.69 Å². The molecule has 3 N–H and O–H groups in total. The summed E-state index contributed by atoms with van der Waals surface area (Å²) in [5.74, 6) is 1.24. The van der Waals surface area contributed by atoms with Crippen LogP contribution in [0.3, 0.4) is 0 Å². The van der Waals surface area contributed by atoms with E-state index in [1.54, 1.807) is 6.92 Å². The van der Waals surface area contributed by atoms with Gasteiger partial charge in [0.1, 0.15) is 13.2 Å². The van der Waals surface area contributed by atoms with E-state index in [0.29, 0.717) is 31.2 Å². The first-order valence-corrected chi connectivity index (χ1v) is 10.3. The van der Waals surface area contributed by atoms with Crippen LogP contribution in [-0.4, -0.2) is 45.5 Å². The average molecular weight is 405 g/mol. The van der Waals surface area contributed by atoms with Crippen molar-refractivity contribution < 1.29 is 22.7 Å². The molecule has 0 bridgehead atoms. The maximum Gasteiger partial charge on any atom is 0.241 e. The third-order valence-corrected chi connectivity index (χ3v) is 5.46. The van der Waals surface area contributed by atoms with Gasteiger partial charge in [0.2, 0.25) is 15.9 Å². The fourth-order valence-electron chi connectivity index (χ4n) is 2.79. The fourth-order valence-corrected chi connectivity index (χ4v) is 3.30. The van der Waals surface area contributed by atoms with Gasteiger partial charge in [-0.2, -0.15) is 0 Å². The molecule has 0 aliphatic carbocycles. The number of likely N-dealkylation sites (N-methyl/N-ethyl adjacent to an activating group) is 1. The molecule has 1 amide bonds. The highest BCUT2D eigenvalue weighted by Crippen LogP contribution is 2.31. The van der Waals surface area contributed by atoms with E-state index in [1.807, 2.05) is 30.1 Å². The number of carbonyl (C=O) groups is 1. The van der Waals surface area contributed by atoms with E-state index in [0.717, 1.165) is 11.3 Å². The second-order valence-corrected chi connectivity index (χ2v) is 8.19. The number of nitrogens with zero attached hydrogens (tertiary/aromatic N) is 1. The number of sulfonamides is 1. The molecule has 0 unspecified atom stereocenters. The monoisotopic (exact) mass is 405 g/mol. The maximum atomic E-state index is 12.5. The average Bonchev–Trinajstić information content (AvgIpc) is 2.67. The molecule has 2 aromatic rings. The molecule has 0 aromatic heterocycles. The Balaban J connectivity index is 1.61. The summed E-state index contributed by atoms with van der Waals surface area (Å²) < 4.78 is 33.7. The molecule has 150 valence electrons. The number of nitrogens with one attached hydrogen (secondary N) is 1. The highest BCUT2D eigenvalue weighted by Gasteiger charge is 2.20. The van der Waals surface area contributed by atoms with Gasteiger partial charge in [0, 0.05) is 12.2 Å². The minimum absolute atomic E-state index is 0.00530. The Morgan fingerprint density at radius 2 is 1.79 bits per heavy atom. The van der Waals surface area contributed by atoms with Crippen molar-refractivity contribution in [2.75, 3.05) is 25.6 Å². The zero-order chi connectivity index (χ0) is 20.3. The summed E-state index contributed by atoms with van der Waals surface area (Å²) in [6.45, 7) is 3.42. The lowest BCUT2D eigenvalue weighted by atomic mass is 10.1. The van der Waals surface area contributed by atoms with Crippen LogP contribution < -0.4 is 19.9 Å². The van der Waals surface area contributed by atoms with Crippen LogP contribution in [-0.2, 0) is 21.4 Å². The van der Waals surface area contributed by atoms with Crippen molar-refractivity contribution in [1.29, 1.82) is 0 Å². The van der Waals surface area contributed by atoms with Gasteiger partial charge in [-0.05, 0) is 55.9 Å². The fraction of sp³-hybridized carbons (Fsp3) is 0.316. The Labute approximate surface area is 164 Å². The van der Waals surface area contributed by atoms with Crippen LogP contribution >= 0.6 is 0 Å². The lowest BCUT2D eigenvalue weighted by Crippen LogP contribution is -2.39. The number of anilines is 1. The SMILES string of the molecule is C[C@H](C(=O)Nc1ccc(S(N)(=O)=O)cc1)N(C)Cc1ccc2c(c1)OCCO2. The quantitative estimate of drug-likeness (QED) is 0.755. The summed E-state index contributed by atoms with van der Waals surface area (Å²) in [5.41, 5.74) is 1.50. The van der Waals surface area contributed by atoms with Gasteiger partial charge < -0.3 is 14.8 Å². The van der Waals surface area contributed by atoms with Crippen LogP contribution in [0, 0.1) is 0 Å². The summed E-state index contributed by atoms with van der Waals surface area (Å²) in [6.07, 6.45) is 0. The Kier molecular flexibility index (Phi) is 5.87. The van der Waals surface area contributed by atoms with E-state index >= 15 is 0 Å². The molecule has 1 atom stereocenters. The molecule has 0 fully saturated rings. The molecule has 0 saturated heterocycles. The van der Waals surface area contributed by atoms with Gasteiger partial charge in [-0.25, -0.2) is 13.6 Å². The van der Waals surface area contributed by atoms with Gasteiger partial charge in [0.05, 0.1) is 10.9 Å². The zero-order valence-corrected chi connectivity index (χ0v) is 16.5. The molecule has 8 nitrogen and oxygen atoms in total. The third kappa shape index (κ3) is 4.80. The minimum atomic E-state index is -3.76. The molecule has 1 aliphatic heterocycles. The molecule has 2 aromatic carbocycles. The molecule has 0 spiro atoms. The Bertz CT molecular complexity index is 960. The molecule has 0 saturated carbocycles. The predicted octanol–water partition coefficient (Wildman–Crippen LogP) is 1.56. The number of nitrogens with two attached hydrogens (primary N) is 1. The molecule has 3 rings (SSSR count). The summed E-state index contributed by atoms with van der Waals surface area (Å²) in [5, 5.41) is 7.85. The van der Waals surface area contributed by atoms with E-state index in [2.05, 4.69) is 5.32 Å². The Hall–Kier alpha value is -2.62. The van der Waals surface area contributed by atoms with Crippen LogP contribution in [0.1, 0.15) is 12.5 Å².